The van der Waals surface area contributed by atoms with Crippen LogP contribution in [0.5, 0.6) is 0 Å². The highest BCUT2D eigenvalue weighted by Gasteiger charge is 2.25. The highest BCUT2D eigenvalue weighted by atomic mass is 16.6. The molecule has 0 fully saturated rings. The molecule has 108 valence electrons. The summed E-state index contributed by atoms with van der Waals surface area (Å²) < 4.78 is 4.61. The zero-order chi connectivity index (χ0) is 14.8. The molecule has 0 aliphatic carbocycles. The van der Waals surface area contributed by atoms with Crippen molar-refractivity contribution in [3.63, 3.8) is 0 Å². The van der Waals surface area contributed by atoms with Crippen LogP contribution in [0.25, 0.3) is 11.0 Å². The molecule has 2 aromatic rings. The van der Waals surface area contributed by atoms with Crippen LogP contribution in [0.2, 0.25) is 0 Å². The Balaban J connectivity index is 2.44. The number of nitro groups is 1. The highest BCUT2D eigenvalue weighted by Crippen LogP contribution is 2.31. The molecule has 0 aliphatic heterocycles. The van der Waals surface area contributed by atoms with Crippen molar-refractivity contribution in [1.29, 1.82) is 0 Å². The SMILES string of the molecule is CCC(C)(CCO)Nc1ccc([N+](=O)[O-])c2nonc12. The fourth-order valence-corrected chi connectivity index (χ4v) is 2.00. The quantitative estimate of drug-likeness (QED) is 0.615. The molecule has 2 N–H and O–H groups in total. The number of nitrogens with zero attached hydrogens (tertiary/aromatic N) is 3. The molecule has 0 radical (unpaired) electrons. The van der Waals surface area contributed by atoms with Gasteiger partial charge in [0.05, 0.1) is 10.6 Å². The first-order chi connectivity index (χ1) is 9.50. The number of fused-ring (bicyclic) bond motifs is 1. The molecule has 0 bridgehead atoms. The molecule has 2 rings (SSSR count). The number of nitrogens with one attached hydrogen (secondary N) is 1. The van der Waals surface area contributed by atoms with Gasteiger partial charge in [0.1, 0.15) is 0 Å². The molecule has 1 aromatic heterocycles. The molecule has 8 nitrogen and oxygen atoms in total. The van der Waals surface area contributed by atoms with Crippen molar-refractivity contribution in [3.05, 3.63) is 22.2 Å². The Bertz CT molecular complexity index is 627. The number of aromatic nitrogens is 2. The molecule has 1 unspecified atom stereocenters. The smallest absolute Gasteiger partial charge is 0.300 e. The topological polar surface area (TPSA) is 114 Å². The van der Waals surface area contributed by atoms with Crippen LogP contribution in [0.15, 0.2) is 16.8 Å². The van der Waals surface area contributed by atoms with Crippen LogP contribution in [0.1, 0.15) is 26.7 Å². The maximum atomic E-state index is 10.9. The molecule has 1 aromatic carbocycles. The fourth-order valence-electron chi connectivity index (χ4n) is 2.00. The van der Waals surface area contributed by atoms with E-state index in [9.17, 15) is 10.1 Å². The van der Waals surface area contributed by atoms with Crippen molar-refractivity contribution in [1.82, 2.24) is 10.3 Å². The lowest BCUT2D eigenvalue weighted by Gasteiger charge is -2.30. The number of hydrogen-bond acceptors (Lipinski definition) is 7. The van der Waals surface area contributed by atoms with Crippen LogP contribution in [0.3, 0.4) is 0 Å². The van der Waals surface area contributed by atoms with Crippen LogP contribution < -0.4 is 5.32 Å². The largest absolute Gasteiger partial charge is 0.396 e. The third-order valence-corrected chi connectivity index (χ3v) is 3.47. The molecule has 0 aliphatic rings. The van der Waals surface area contributed by atoms with E-state index < -0.39 is 4.92 Å². The van der Waals surface area contributed by atoms with E-state index in [1.54, 1.807) is 6.07 Å². The van der Waals surface area contributed by atoms with Crippen LogP contribution in [0, 0.1) is 10.1 Å². The van der Waals surface area contributed by atoms with Gasteiger partial charge in [-0.05, 0) is 36.1 Å². The van der Waals surface area contributed by atoms with Crippen LogP contribution in [-0.2, 0) is 0 Å². The van der Waals surface area contributed by atoms with E-state index in [2.05, 4.69) is 20.3 Å². The van der Waals surface area contributed by atoms with Gasteiger partial charge in [0.2, 0.25) is 5.52 Å². The standard InChI is InChI=1S/C12H16N4O4/c1-3-12(2,6-7-17)13-8-4-5-9(16(18)19)11-10(8)14-20-15-11/h4-5,13,17H,3,6-7H2,1-2H3. The van der Waals surface area contributed by atoms with Crippen LogP contribution in [0.4, 0.5) is 11.4 Å². The normalized spacial score (nSPS) is 14.2. The Hall–Kier alpha value is -2.22. The van der Waals surface area contributed by atoms with E-state index in [0.717, 1.165) is 6.42 Å². The molecular formula is C12H16N4O4. The minimum Gasteiger partial charge on any atom is -0.396 e. The summed E-state index contributed by atoms with van der Waals surface area (Å²) in [5.74, 6) is 0. The molecular weight excluding hydrogens is 264 g/mol. The van der Waals surface area contributed by atoms with Gasteiger partial charge < -0.3 is 10.4 Å². The molecule has 1 heterocycles. The van der Waals surface area contributed by atoms with Crippen LogP contribution >= 0.6 is 0 Å². The van der Waals surface area contributed by atoms with Gasteiger partial charge in [-0.3, -0.25) is 10.1 Å². The lowest BCUT2D eigenvalue weighted by Crippen LogP contribution is -2.35. The first-order valence-corrected chi connectivity index (χ1v) is 6.29. The van der Waals surface area contributed by atoms with Gasteiger partial charge in [-0.1, -0.05) is 6.92 Å². The predicted octanol–water partition coefficient (Wildman–Crippen LogP) is 2.09. The van der Waals surface area contributed by atoms with E-state index in [1.807, 2.05) is 13.8 Å². The van der Waals surface area contributed by atoms with Gasteiger partial charge in [0.25, 0.3) is 0 Å². The second-order valence-electron chi connectivity index (χ2n) is 4.86. The minimum atomic E-state index is -0.525. The second-order valence-corrected chi connectivity index (χ2v) is 4.86. The lowest BCUT2D eigenvalue weighted by atomic mass is 9.94. The Morgan fingerprint density at radius 3 is 2.75 bits per heavy atom. The monoisotopic (exact) mass is 280 g/mol. The number of non-ortho nitro benzene ring substituents is 1. The van der Waals surface area contributed by atoms with Crippen LogP contribution in [-0.4, -0.2) is 32.5 Å². The number of nitro benzene ring substituents is 1. The number of aliphatic hydroxyl groups excluding tert-OH is 1. The zero-order valence-corrected chi connectivity index (χ0v) is 11.3. The Morgan fingerprint density at radius 1 is 1.45 bits per heavy atom. The average Bonchev–Trinajstić information content (AvgIpc) is 2.88. The highest BCUT2D eigenvalue weighted by molar-refractivity contribution is 5.93. The zero-order valence-electron chi connectivity index (χ0n) is 11.3. The molecule has 20 heavy (non-hydrogen) atoms. The maximum absolute atomic E-state index is 10.9. The van der Waals surface area contributed by atoms with E-state index in [0.29, 0.717) is 17.6 Å². The summed E-state index contributed by atoms with van der Waals surface area (Å²) >= 11 is 0. The second kappa shape index (κ2) is 5.41. The molecule has 1 atom stereocenters. The number of benzene rings is 1. The van der Waals surface area contributed by atoms with E-state index in [-0.39, 0.29) is 23.3 Å². The summed E-state index contributed by atoms with van der Waals surface area (Å²) in [5.41, 5.74) is 0.549. The van der Waals surface area contributed by atoms with E-state index in [1.165, 1.54) is 6.07 Å². The van der Waals surface area contributed by atoms with Gasteiger partial charge in [-0.2, -0.15) is 0 Å². The summed E-state index contributed by atoms with van der Waals surface area (Å²) in [6.07, 6.45) is 1.32. The van der Waals surface area contributed by atoms with Gasteiger partial charge in [0, 0.05) is 18.2 Å². The van der Waals surface area contributed by atoms with Crippen molar-refractivity contribution in [2.45, 2.75) is 32.2 Å². The first kappa shape index (κ1) is 14.2. The number of rotatable bonds is 6. The third kappa shape index (κ3) is 2.55. The third-order valence-electron chi connectivity index (χ3n) is 3.47. The lowest BCUT2D eigenvalue weighted by molar-refractivity contribution is -0.383. The summed E-state index contributed by atoms with van der Waals surface area (Å²) in [7, 11) is 0. The van der Waals surface area contributed by atoms with E-state index >= 15 is 0 Å². The van der Waals surface area contributed by atoms with Gasteiger partial charge in [-0.15, -0.1) is 0 Å². The van der Waals surface area contributed by atoms with Crippen molar-refractivity contribution in [2.24, 2.45) is 0 Å². The first-order valence-electron chi connectivity index (χ1n) is 6.29. The number of aliphatic hydroxyl groups is 1. The molecule has 0 saturated heterocycles. The van der Waals surface area contributed by atoms with Crippen molar-refractivity contribution in [3.8, 4) is 0 Å². The summed E-state index contributed by atoms with van der Waals surface area (Å²) in [5, 5.41) is 30.6. The van der Waals surface area contributed by atoms with Crippen molar-refractivity contribution in [2.75, 3.05) is 11.9 Å². The van der Waals surface area contributed by atoms with Crippen molar-refractivity contribution < 1.29 is 14.7 Å². The Kier molecular flexibility index (Phi) is 3.84. The summed E-state index contributed by atoms with van der Waals surface area (Å²) in [6.45, 7) is 4.00. The van der Waals surface area contributed by atoms with Crippen molar-refractivity contribution >= 4 is 22.4 Å². The van der Waals surface area contributed by atoms with Gasteiger partial charge >= 0.3 is 5.69 Å². The Labute approximate surface area is 114 Å². The van der Waals surface area contributed by atoms with E-state index in [4.69, 9.17) is 5.11 Å². The summed E-state index contributed by atoms with van der Waals surface area (Å²) in [6, 6.07) is 2.94. The Morgan fingerprint density at radius 2 is 2.15 bits per heavy atom. The molecule has 0 amide bonds. The molecule has 0 spiro atoms. The predicted molar refractivity (Wildman–Crippen MR) is 72.5 cm³/mol. The van der Waals surface area contributed by atoms with Gasteiger partial charge in [0.15, 0.2) is 5.52 Å². The molecule has 0 saturated carbocycles. The average molecular weight is 280 g/mol. The summed E-state index contributed by atoms with van der Waals surface area (Å²) in [4.78, 5) is 10.4. The molecule has 8 heteroatoms. The maximum Gasteiger partial charge on any atom is 0.300 e. The van der Waals surface area contributed by atoms with Gasteiger partial charge in [-0.25, -0.2) is 4.63 Å². The minimum absolute atomic E-state index is 0.0462. The number of anilines is 1. The number of hydrogen-bond donors (Lipinski definition) is 2. The fraction of sp³-hybridized carbons (Fsp3) is 0.500.